The van der Waals surface area contributed by atoms with Gasteiger partial charge in [0.25, 0.3) is 0 Å². The van der Waals surface area contributed by atoms with E-state index in [0.717, 1.165) is 6.07 Å². The van der Waals surface area contributed by atoms with Crippen molar-refractivity contribution in [3.63, 3.8) is 0 Å². The number of rotatable bonds is 2. The Bertz CT molecular complexity index is 386. The fourth-order valence-corrected chi connectivity index (χ4v) is 1.38. The van der Waals surface area contributed by atoms with Crippen LogP contribution in [0.4, 0.5) is 4.39 Å². The number of hydrogen-bond acceptors (Lipinski definition) is 2. The number of nitrogens with zero attached hydrogens (tertiary/aromatic N) is 1. The van der Waals surface area contributed by atoms with Gasteiger partial charge in [-0.3, -0.25) is 0 Å². The average Bonchev–Trinajstić information content (AvgIpc) is 2.15. The first-order valence-electron chi connectivity index (χ1n) is 4.17. The molecule has 0 aliphatic rings. The van der Waals surface area contributed by atoms with Crippen molar-refractivity contribution >= 4 is 11.6 Å². The van der Waals surface area contributed by atoms with Gasteiger partial charge in [0.1, 0.15) is 11.6 Å². The van der Waals surface area contributed by atoms with E-state index in [9.17, 15) is 9.50 Å². The number of aromatic hydroxyl groups is 1. The molecule has 0 amide bonds. The van der Waals surface area contributed by atoms with Crippen molar-refractivity contribution < 1.29 is 9.50 Å². The van der Waals surface area contributed by atoms with Gasteiger partial charge in [0.15, 0.2) is 0 Å². The molecular weight excluding hydrogens is 205 g/mol. The zero-order valence-corrected chi connectivity index (χ0v) is 8.35. The topological polar surface area (TPSA) is 44.0 Å². The minimum atomic E-state index is -0.680. The van der Waals surface area contributed by atoms with Crippen LogP contribution in [0.5, 0.6) is 5.75 Å². The molecular formula is C10H9ClFNO. The van der Waals surface area contributed by atoms with E-state index in [0.29, 0.717) is 12.0 Å². The number of phenols is 1. The lowest BCUT2D eigenvalue weighted by Gasteiger charge is -2.09. The van der Waals surface area contributed by atoms with Crippen molar-refractivity contribution in [1.29, 1.82) is 5.26 Å². The zero-order chi connectivity index (χ0) is 10.7. The Kier molecular flexibility index (Phi) is 3.32. The largest absolute Gasteiger partial charge is 0.508 e. The van der Waals surface area contributed by atoms with E-state index in [1.54, 1.807) is 0 Å². The van der Waals surface area contributed by atoms with Crippen molar-refractivity contribution in [3.8, 4) is 11.8 Å². The van der Waals surface area contributed by atoms with Crippen molar-refractivity contribution in [2.24, 2.45) is 0 Å². The Labute approximate surface area is 86.5 Å². The summed E-state index contributed by atoms with van der Waals surface area (Å²) in [6, 6.07) is 4.24. The average molecular weight is 214 g/mol. The molecule has 0 heterocycles. The maximum atomic E-state index is 12.9. The predicted octanol–water partition coefficient (Wildman–Crippen LogP) is 3.20. The van der Waals surface area contributed by atoms with E-state index >= 15 is 0 Å². The normalized spacial score (nSPS) is 12.1. The number of nitriles is 1. The van der Waals surface area contributed by atoms with Gasteiger partial charge in [-0.05, 0) is 12.5 Å². The third-order valence-electron chi connectivity index (χ3n) is 2.01. The van der Waals surface area contributed by atoms with Crippen LogP contribution in [-0.4, -0.2) is 5.11 Å². The molecule has 4 heteroatoms. The first-order valence-corrected chi connectivity index (χ1v) is 4.55. The molecule has 0 spiro atoms. The summed E-state index contributed by atoms with van der Waals surface area (Å²) in [7, 11) is 0. The van der Waals surface area contributed by atoms with E-state index in [4.69, 9.17) is 16.9 Å². The summed E-state index contributed by atoms with van der Waals surface area (Å²) in [6.07, 6.45) is 0.548. The van der Waals surface area contributed by atoms with Gasteiger partial charge in [-0.1, -0.05) is 18.5 Å². The maximum absolute atomic E-state index is 12.9. The van der Waals surface area contributed by atoms with E-state index < -0.39 is 11.7 Å². The monoisotopic (exact) mass is 213 g/mol. The molecule has 1 atom stereocenters. The molecule has 74 valence electrons. The number of benzene rings is 1. The summed E-state index contributed by atoms with van der Waals surface area (Å²) in [5, 5.41) is 18.1. The molecule has 0 radical (unpaired) electrons. The summed E-state index contributed by atoms with van der Waals surface area (Å²) in [5.41, 5.74) is 0.376. The minimum absolute atomic E-state index is 0.0773. The molecule has 0 aliphatic heterocycles. The molecule has 2 nitrogen and oxygen atoms in total. The van der Waals surface area contributed by atoms with Gasteiger partial charge >= 0.3 is 0 Å². The van der Waals surface area contributed by atoms with Crippen molar-refractivity contribution in [2.45, 2.75) is 19.3 Å². The molecule has 0 aliphatic carbocycles. The minimum Gasteiger partial charge on any atom is -0.508 e. The van der Waals surface area contributed by atoms with E-state index in [1.165, 1.54) is 6.07 Å². The molecule has 0 bridgehead atoms. The highest BCUT2D eigenvalue weighted by Crippen LogP contribution is 2.31. The quantitative estimate of drug-likeness (QED) is 0.820. The Hall–Kier alpha value is -1.27. The van der Waals surface area contributed by atoms with Crippen LogP contribution in [0.1, 0.15) is 24.8 Å². The Morgan fingerprint density at radius 1 is 1.64 bits per heavy atom. The van der Waals surface area contributed by atoms with Crippen molar-refractivity contribution in [2.75, 3.05) is 0 Å². The third-order valence-corrected chi connectivity index (χ3v) is 2.30. The molecule has 1 rings (SSSR count). The van der Waals surface area contributed by atoms with Crippen molar-refractivity contribution in [3.05, 3.63) is 28.5 Å². The summed E-state index contributed by atoms with van der Waals surface area (Å²) in [6.45, 7) is 1.81. The van der Waals surface area contributed by atoms with Gasteiger partial charge in [-0.15, -0.1) is 0 Å². The lowest BCUT2D eigenvalue weighted by atomic mass is 9.97. The Balaban J connectivity index is 3.22. The molecule has 0 saturated heterocycles. The molecule has 14 heavy (non-hydrogen) atoms. The molecule has 0 aromatic heterocycles. The lowest BCUT2D eigenvalue weighted by Crippen LogP contribution is -1.95. The van der Waals surface area contributed by atoms with Crippen LogP contribution in [0.2, 0.25) is 5.02 Å². The van der Waals surface area contributed by atoms with Gasteiger partial charge in [0.2, 0.25) is 0 Å². The number of hydrogen-bond donors (Lipinski definition) is 1. The number of phenolic OH excluding ortho intramolecular Hbond substituents is 1. The van der Waals surface area contributed by atoms with Gasteiger partial charge in [-0.2, -0.15) is 5.26 Å². The van der Waals surface area contributed by atoms with Gasteiger partial charge in [-0.25, -0.2) is 4.39 Å². The first kappa shape index (κ1) is 10.8. The van der Waals surface area contributed by atoms with Crippen LogP contribution in [0.3, 0.4) is 0 Å². The summed E-state index contributed by atoms with van der Waals surface area (Å²) >= 11 is 5.55. The van der Waals surface area contributed by atoms with E-state index in [1.807, 2.05) is 13.0 Å². The molecule has 1 unspecified atom stereocenters. The van der Waals surface area contributed by atoms with E-state index in [-0.39, 0.29) is 10.8 Å². The van der Waals surface area contributed by atoms with Crippen LogP contribution < -0.4 is 0 Å². The highest BCUT2D eigenvalue weighted by Gasteiger charge is 2.15. The maximum Gasteiger partial charge on any atom is 0.145 e. The molecule has 0 fully saturated rings. The standard InChI is InChI=1S/C10H9ClFNO/c1-2-6(5-13)7-3-8(11)9(12)4-10(7)14/h3-4,6,14H,2H2,1H3. The summed E-state index contributed by atoms with van der Waals surface area (Å²) in [5.74, 6) is -1.35. The molecule has 1 N–H and O–H groups in total. The highest BCUT2D eigenvalue weighted by atomic mass is 35.5. The third kappa shape index (κ3) is 1.97. The molecule has 0 saturated carbocycles. The fourth-order valence-electron chi connectivity index (χ4n) is 1.21. The predicted molar refractivity (Wildman–Crippen MR) is 51.7 cm³/mol. The van der Waals surface area contributed by atoms with Crippen LogP contribution in [0.25, 0.3) is 0 Å². The second-order valence-corrected chi connectivity index (χ2v) is 3.32. The fraction of sp³-hybridized carbons (Fsp3) is 0.300. The Morgan fingerprint density at radius 2 is 2.29 bits per heavy atom. The van der Waals surface area contributed by atoms with Crippen LogP contribution >= 0.6 is 11.6 Å². The summed E-state index contributed by atoms with van der Waals surface area (Å²) in [4.78, 5) is 0. The van der Waals surface area contributed by atoms with Gasteiger partial charge in [0, 0.05) is 11.6 Å². The highest BCUT2D eigenvalue weighted by molar-refractivity contribution is 6.30. The second-order valence-electron chi connectivity index (χ2n) is 2.92. The van der Waals surface area contributed by atoms with Crippen LogP contribution in [0, 0.1) is 17.1 Å². The van der Waals surface area contributed by atoms with Crippen LogP contribution in [0.15, 0.2) is 12.1 Å². The van der Waals surface area contributed by atoms with E-state index in [2.05, 4.69) is 0 Å². The SMILES string of the molecule is CCC(C#N)c1cc(Cl)c(F)cc1O. The second kappa shape index (κ2) is 4.30. The lowest BCUT2D eigenvalue weighted by molar-refractivity contribution is 0.459. The Morgan fingerprint density at radius 3 is 2.79 bits per heavy atom. The molecule has 1 aromatic carbocycles. The van der Waals surface area contributed by atoms with Gasteiger partial charge in [0.05, 0.1) is 17.0 Å². The zero-order valence-electron chi connectivity index (χ0n) is 7.59. The molecule has 1 aromatic rings. The first-order chi connectivity index (χ1) is 6.60. The smallest absolute Gasteiger partial charge is 0.145 e. The number of halogens is 2. The summed E-state index contributed by atoms with van der Waals surface area (Å²) < 4.78 is 12.9. The van der Waals surface area contributed by atoms with Gasteiger partial charge < -0.3 is 5.11 Å². The van der Waals surface area contributed by atoms with Crippen LogP contribution in [-0.2, 0) is 0 Å². The van der Waals surface area contributed by atoms with Crippen molar-refractivity contribution in [1.82, 2.24) is 0 Å².